The monoisotopic (exact) mass is 587 g/mol. The highest BCUT2D eigenvalue weighted by molar-refractivity contribution is 7.27. The molecule has 0 radical (unpaired) electrons. The first kappa shape index (κ1) is 26.9. The highest BCUT2D eigenvalue weighted by atomic mass is 32.1. The molecule has 0 spiro atoms. The standard InChI is InChI=1S/C37H33NO2S2/c1-2-3-4-5-6-12-21-38-30-16-11-10-15-28(30)35-29(25-13-8-7-9-14-25)22-26-23-34(42-37(26)36(35)38)33-20-19-32(41-33)31-18-17-27(24-39)40-31/h7-11,13-20,22-24H,2-6,12,21H2,1H3. The van der Waals surface area contributed by atoms with Crippen LogP contribution < -0.4 is 0 Å². The molecule has 0 N–H and O–H groups in total. The average Bonchev–Trinajstić information content (AvgIpc) is 3.83. The molecule has 0 saturated carbocycles. The van der Waals surface area contributed by atoms with Gasteiger partial charge in [-0.05, 0) is 65.4 Å². The Kier molecular flexibility index (Phi) is 7.54. The van der Waals surface area contributed by atoms with Crippen LogP contribution in [0.3, 0.4) is 0 Å². The van der Waals surface area contributed by atoms with Gasteiger partial charge in [0.05, 0.1) is 15.1 Å². The number of hydrogen-bond donors (Lipinski definition) is 0. The van der Waals surface area contributed by atoms with Crippen LogP contribution in [0.25, 0.3) is 63.4 Å². The van der Waals surface area contributed by atoms with Crippen LogP contribution in [0, 0.1) is 0 Å². The number of aldehydes is 1. The number of aryl methyl sites for hydroxylation is 1. The second kappa shape index (κ2) is 11.7. The summed E-state index contributed by atoms with van der Waals surface area (Å²) in [4.78, 5) is 14.6. The Bertz CT molecular complexity index is 2000. The fourth-order valence-corrected chi connectivity index (χ4v) is 8.39. The van der Waals surface area contributed by atoms with E-state index in [4.69, 9.17) is 4.42 Å². The van der Waals surface area contributed by atoms with E-state index in [0.717, 1.165) is 23.5 Å². The number of rotatable bonds is 11. The summed E-state index contributed by atoms with van der Waals surface area (Å²) in [5, 5.41) is 3.97. The normalized spacial score (nSPS) is 11.7. The summed E-state index contributed by atoms with van der Waals surface area (Å²) in [5.41, 5.74) is 5.23. The largest absolute Gasteiger partial charge is 0.452 e. The van der Waals surface area contributed by atoms with Crippen molar-refractivity contribution in [2.45, 2.75) is 52.0 Å². The molecular weight excluding hydrogens is 555 g/mol. The molecule has 0 bridgehead atoms. The lowest BCUT2D eigenvalue weighted by molar-refractivity contribution is 0.110. The van der Waals surface area contributed by atoms with Gasteiger partial charge < -0.3 is 8.98 Å². The van der Waals surface area contributed by atoms with Crippen LogP contribution in [0.1, 0.15) is 56.0 Å². The molecule has 0 saturated heterocycles. The summed E-state index contributed by atoms with van der Waals surface area (Å²) in [7, 11) is 0. The molecule has 4 heterocycles. The molecule has 7 aromatic rings. The van der Waals surface area contributed by atoms with Crippen LogP contribution in [-0.2, 0) is 6.54 Å². The lowest BCUT2D eigenvalue weighted by Gasteiger charge is -2.10. The van der Waals surface area contributed by atoms with Gasteiger partial charge in [0.1, 0.15) is 5.76 Å². The highest BCUT2D eigenvalue weighted by Gasteiger charge is 2.21. The molecule has 5 heteroatoms. The van der Waals surface area contributed by atoms with Crippen LogP contribution in [-0.4, -0.2) is 10.9 Å². The summed E-state index contributed by atoms with van der Waals surface area (Å²) in [6.07, 6.45) is 8.46. The van der Waals surface area contributed by atoms with Gasteiger partial charge in [-0.2, -0.15) is 0 Å². The van der Waals surface area contributed by atoms with Gasteiger partial charge in [-0.25, -0.2) is 0 Å². The van der Waals surface area contributed by atoms with Crippen molar-refractivity contribution >= 4 is 60.9 Å². The van der Waals surface area contributed by atoms with Crippen molar-refractivity contribution in [1.29, 1.82) is 0 Å². The first-order chi connectivity index (χ1) is 20.7. The van der Waals surface area contributed by atoms with E-state index in [1.165, 1.54) is 91.3 Å². The smallest absolute Gasteiger partial charge is 0.185 e. The molecule has 0 aliphatic rings. The molecule has 4 aromatic heterocycles. The molecule has 0 amide bonds. The molecule has 0 atom stereocenters. The van der Waals surface area contributed by atoms with Gasteiger partial charge in [0.2, 0.25) is 0 Å². The van der Waals surface area contributed by atoms with Gasteiger partial charge in [-0.1, -0.05) is 87.6 Å². The van der Waals surface area contributed by atoms with Crippen LogP contribution in [0.4, 0.5) is 0 Å². The lowest BCUT2D eigenvalue weighted by Crippen LogP contribution is -1.98. The molecule has 3 aromatic carbocycles. The third-order valence-electron chi connectivity index (χ3n) is 8.17. The van der Waals surface area contributed by atoms with E-state index in [0.29, 0.717) is 5.76 Å². The number of para-hydroxylation sites is 1. The number of unbranched alkanes of at least 4 members (excludes halogenated alkanes) is 5. The predicted octanol–water partition coefficient (Wildman–Crippen LogP) is 11.8. The molecule has 0 aliphatic heterocycles. The predicted molar refractivity (Wildman–Crippen MR) is 180 cm³/mol. The Morgan fingerprint density at radius 2 is 1.55 bits per heavy atom. The number of nitrogens with zero attached hydrogens (tertiary/aromatic N) is 1. The summed E-state index contributed by atoms with van der Waals surface area (Å²) in [6, 6.07) is 32.4. The van der Waals surface area contributed by atoms with Crippen molar-refractivity contribution in [2.75, 3.05) is 0 Å². The molecule has 0 aliphatic carbocycles. The minimum Gasteiger partial charge on any atom is -0.452 e. The Balaban J connectivity index is 1.39. The number of carbonyl (C=O) groups excluding carboxylic acids is 1. The molecule has 7 rings (SSSR count). The number of carbonyl (C=O) groups is 1. The summed E-state index contributed by atoms with van der Waals surface area (Å²) < 4.78 is 9.66. The fourth-order valence-electron chi connectivity index (χ4n) is 6.14. The molecule has 42 heavy (non-hydrogen) atoms. The van der Waals surface area contributed by atoms with Gasteiger partial charge in [0.25, 0.3) is 0 Å². The zero-order chi connectivity index (χ0) is 28.5. The number of fused-ring (bicyclic) bond motifs is 5. The second-order valence-corrected chi connectivity index (χ2v) is 13.1. The number of hydrogen-bond acceptors (Lipinski definition) is 4. The molecular formula is C37H33NO2S2. The van der Waals surface area contributed by atoms with Crippen LogP contribution >= 0.6 is 22.7 Å². The van der Waals surface area contributed by atoms with Gasteiger partial charge in [0, 0.05) is 32.6 Å². The number of benzene rings is 3. The van der Waals surface area contributed by atoms with Gasteiger partial charge >= 0.3 is 0 Å². The number of thiophene rings is 2. The van der Waals surface area contributed by atoms with E-state index in [1.54, 1.807) is 17.4 Å². The molecule has 0 unspecified atom stereocenters. The first-order valence-corrected chi connectivity index (χ1v) is 16.6. The van der Waals surface area contributed by atoms with Crippen molar-refractivity contribution in [3.63, 3.8) is 0 Å². The van der Waals surface area contributed by atoms with E-state index in [-0.39, 0.29) is 0 Å². The topological polar surface area (TPSA) is 35.1 Å². The Labute approximate surface area is 254 Å². The third kappa shape index (κ3) is 4.91. The minimum absolute atomic E-state index is 0.357. The van der Waals surface area contributed by atoms with Crippen LogP contribution in [0.2, 0.25) is 0 Å². The zero-order valence-electron chi connectivity index (χ0n) is 23.8. The van der Waals surface area contributed by atoms with Crippen LogP contribution in [0.15, 0.2) is 95.4 Å². The van der Waals surface area contributed by atoms with E-state index in [1.807, 2.05) is 17.4 Å². The van der Waals surface area contributed by atoms with E-state index < -0.39 is 0 Å². The SMILES string of the molecule is CCCCCCCCn1c2ccccc2c2c(-c3ccccc3)cc3cc(-c4ccc(-c5ccc(C=O)o5)s4)sc3c21. The van der Waals surface area contributed by atoms with E-state index in [9.17, 15) is 4.79 Å². The lowest BCUT2D eigenvalue weighted by atomic mass is 9.98. The second-order valence-electron chi connectivity index (χ2n) is 11.0. The summed E-state index contributed by atoms with van der Waals surface area (Å²) in [5.74, 6) is 1.10. The summed E-state index contributed by atoms with van der Waals surface area (Å²) in [6.45, 7) is 3.30. The number of aromatic nitrogens is 1. The van der Waals surface area contributed by atoms with Crippen molar-refractivity contribution in [3.05, 3.63) is 96.8 Å². The van der Waals surface area contributed by atoms with Crippen molar-refractivity contribution in [3.8, 4) is 31.5 Å². The maximum atomic E-state index is 11.1. The minimum atomic E-state index is 0.357. The molecule has 210 valence electrons. The van der Waals surface area contributed by atoms with E-state index in [2.05, 4.69) is 90.4 Å². The van der Waals surface area contributed by atoms with Gasteiger partial charge in [-0.15, -0.1) is 22.7 Å². The molecule has 0 fully saturated rings. The average molecular weight is 588 g/mol. The van der Waals surface area contributed by atoms with Crippen molar-refractivity contribution in [1.82, 2.24) is 4.57 Å². The van der Waals surface area contributed by atoms with Crippen molar-refractivity contribution in [2.24, 2.45) is 0 Å². The number of furan rings is 1. The quantitative estimate of drug-likeness (QED) is 0.111. The maximum absolute atomic E-state index is 11.1. The zero-order valence-corrected chi connectivity index (χ0v) is 25.4. The Hall–Kier alpha value is -3.93. The fraction of sp³-hybridized carbons (Fsp3) is 0.216. The summed E-state index contributed by atoms with van der Waals surface area (Å²) >= 11 is 3.60. The van der Waals surface area contributed by atoms with E-state index >= 15 is 0 Å². The van der Waals surface area contributed by atoms with Gasteiger partial charge in [0.15, 0.2) is 12.0 Å². The first-order valence-electron chi connectivity index (χ1n) is 14.9. The van der Waals surface area contributed by atoms with Crippen LogP contribution in [0.5, 0.6) is 0 Å². The molecule has 3 nitrogen and oxygen atoms in total. The third-order valence-corrected chi connectivity index (χ3v) is 10.6. The van der Waals surface area contributed by atoms with Crippen molar-refractivity contribution < 1.29 is 9.21 Å². The van der Waals surface area contributed by atoms with Gasteiger partial charge in [-0.3, -0.25) is 4.79 Å². The highest BCUT2D eigenvalue weighted by Crippen LogP contribution is 2.47. The Morgan fingerprint density at radius 3 is 2.38 bits per heavy atom. The maximum Gasteiger partial charge on any atom is 0.185 e. The Morgan fingerprint density at radius 1 is 0.762 bits per heavy atom.